The van der Waals surface area contributed by atoms with Gasteiger partial charge in [0, 0.05) is 0 Å². The van der Waals surface area contributed by atoms with Crippen molar-refractivity contribution in [2.45, 2.75) is 0 Å². The third-order valence-corrected chi connectivity index (χ3v) is 4.53. The fraction of sp³-hybridized carbons (Fsp3) is 0. The van der Waals surface area contributed by atoms with Crippen LogP contribution in [0.3, 0.4) is 0 Å². The predicted molar refractivity (Wildman–Crippen MR) is 73.6 cm³/mol. The van der Waals surface area contributed by atoms with Gasteiger partial charge < -0.3 is 0 Å². The molecule has 0 amide bonds. The van der Waals surface area contributed by atoms with E-state index < -0.39 is 20.4 Å². The molecule has 0 aliphatic heterocycles. The average molecular weight is 324 g/mol. The molecule has 16 heavy (non-hydrogen) atoms. The number of hydrogen-bond acceptors (Lipinski definition) is 0. The summed E-state index contributed by atoms with van der Waals surface area (Å²) in [5, 5.41) is 0. The van der Waals surface area contributed by atoms with E-state index in [1.165, 1.54) is 0 Å². The molecule has 2 heteroatoms. The molecule has 2 aromatic carbocycles. The topological polar surface area (TPSA) is 0 Å². The zero-order chi connectivity index (χ0) is 11.2. The molecule has 0 radical (unpaired) electrons. The van der Waals surface area contributed by atoms with Crippen LogP contribution in [-0.2, 0) is 0 Å². The molecular weight excluding hydrogens is 314 g/mol. The Labute approximate surface area is 103 Å². The van der Waals surface area contributed by atoms with E-state index in [0.717, 1.165) is 9.13 Å². The molecule has 0 aliphatic carbocycles. The van der Waals surface area contributed by atoms with Crippen LogP contribution in [0.1, 0.15) is 5.56 Å². The maximum atomic E-state index is 13.8. The van der Waals surface area contributed by atoms with Crippen molar-refractivity contribution < 1.29 is 2.86 Å². The Balaban J connectivity index is 2.15. The maximum absolute atomic E-state index is 13.8. The molecule has 2 rings (SSSR count). The molecule has 0 atom stereocenters. The van der Waals surface area contributed by atoms with Crippen LogP contribution in [-0.4, -0.2) is 0 Å². The van der Waals surface area contributed by atoms with Gasteiger partial charge in [-0.2, -0.15) is 0 Å². The monoisotopic (exact) mass is 324 g/mol. The van der Waals surface area contributed by atoms with E-state index in [9.17, 15) is 2.86 Å². The van der Waals surface area contributed by atoms with E-state index in [2.05, 4.69) is 9.85 Å². The van der Waals surface area contributed by atoms with Crippen molar-refractivity contribution >= 4 is 20.4 Å². The van der Waals surface area contributed by atoms with Gasteiger partial charge in [-0.15, -0.1) is 0 Å². The first-order valence-corrected chi connectivity index (χ1v) is 7.82. The second kappa shape index (κ2) is 5.66. The van der Waals surface area contributed by atoms with Crippen molar-refractivity contribution in [2.24, 2.45) is 0 Å². The van der Waals surface area contributed by atoms with Gasteiger partial charge in [-0.1, -0.05) is 0 Å². The van der Waals surface area contributed by atoms with Crippen LogP contribution in [0.2, 0.25) is 0 Å². The first-order chi connectivity index (χ1) is 7.86. The van der Waals surface area contributed by atoms with E-state index in [1.54, 1.807) is 0 Å². The van der Waals surface area contributed by atoms with Crippen molar-refractivity contribution in [3.8, 4) is 9.85 Å². The summed E-state index contributed by atoms with van der Waals surface area (Å²) in [7, 11) is 0. The molecule has 0 N–H and O–H groups in total. The fourth-order valence-corrected chi connectivity index (χ4v) is 3.10. The quantitative estimate of drug-likeness (QED) is 0.543. The van der Waals surface area contributed by atoms with E-state index in [1.807, 2.05) is 60.7 Å². The van der Waals surface area contributed by atoms with E-state index in [-0.39, 0.29) is 0 Å². The van der Waals surface area contributed by atoms with Gasteiger partial charge in [0.1, 0.15) is 0 Å². The minimum absolute atomic E-state index is 0.759. The van der Waals surface area contributed by atoms with Crippen molar-refractivity contribution in [3.63, 3.8) is 0 Å². The summed E-state index contributed by atoms with van der Waals surface area (Å²) in [6.45, 7) is 0. The van der Waals surface area contributed by atoms with E-state index in [0.29, 0.717) is 0 Å². The standard InChI is InChI=1S/C14H10FI/c15-16(14-9-5-2-6-10-14)12-11-13-7-3-1-4-8-13/h1-10H. The zero-order valence-electron chi connectivity index (χ0n) is 8.53. The molecular formula is C14H10FI. The van der Waals surface area contributed by atoms with Crippen LogP contribution in [0.5, 0.6) is 0 Å². The van der Waals surface area contributed by atoms with Crippen LogP contribution in [0.15, 0.2) is 60.7 Å². The van der Waals surface area contributed by atoms with Crippen LogP contribution in [0.4, 0.5) is 2.86 Å². The average Bonchev–Trinajstić information content (AvgIpc) is 2.38. The summed E-state index contributed by atoms with van der Waals surface area (Å²) in [5.74, 6) is 2.89. The van der Waals surface area contributed by atoms with Gasteiger partial charge in [-0.3, -0.25) is 0 Å². The Hall–Kier alpha value is -1.34. The van der Waals surface area contributed by atoms with Gasteiger partial charge in [0.05, 0.1) is 0 Å². The summed E-state index contributed by atoms with van der Waals surface area (Å²) < 4.78 is 17.3. The summed E-state index contributed by atoms with van der Waals surface area (Å²) in [5.41, 5.74) is 0.874. The summed E-state index contributed by atoms with van der Waals surface area (Å²) in [6.07, 6.45) is 0. The predicted octanol–water partition coefficient (Wildman–Crippen LogP) is 4.26. The summed E-state index contributed by atoms with van der Waals surface area (Å²) in [6, 6.07) is 18.7. The molecule has 0 saturated carbocycles. The first-order valence-electron chi connectivity index (χ1n) is 4.84. The zero-order valence-corrected chi connectivity index (χ0v) is 10.7. The Kier molecular flexibility index (Phi) is 3.95. The third kappa shape index (κ3) is 3.07. The second-order valence-corrected chi connectivity index (χ2v) is 6.26. The van der Waals surface area contributed by atoms with Gasteiger partial charge in [-0.05, 0) is 0 Å². The molecule has 0 spiro atoms. The number of halogens is 2. The summed E-state index contributed by atoms with van der Waals surface area (Å²) in [4.78, 5) is 0. The molecule has 0 aliphatic rings. The molecule has 0 heterocycles. The van der Waals surface area contributed by atoms with Crippen LogP contribution in [0, 0.1) is 13.4 Å². The van der Waals surface area contributed by atoms with Gasteiger partial charge in [0.15, 0.2) is 0 Å². The number of benzene rings is 2. The van der Waals surface area contributed by atoms with Gasteiger partial charge >= 0.3 is 103 Å². The molecule has 0 saturated heterocycles. The minimum atomic E-state index is -2.77. The Morgan fingerprint density at radius 3 is 2.00 bits per heavy atom. The number of hydrogen-bond donors (Lipinski definition) is 0. The van der Waals surface area contributed by atoms with Gasteiger partial charge in [0.2, 0.25) is 0 Å². The molecule has 0 aromatic heterocycles. The molecule has 0 nitrogen and oxygen atoms in total. The molecule has 0 unspecified atom stereocenters. The summed E-state index contributed by atoms with van der Waals surface area (Å²) >= 11 is -2.77. The first kappa shape index (κ1) is 11.2. The molecule has 0 fully saturated rings. The van der Waals surface area contributed by atoms with Crippen molar-refractivity contribution in [1.29, 1.82) is 0 Å². The molecule has 2 aromatic rings. The van der Waals surface area contributed by atoms with E-state index >= 15 is 0 Å². The Morgan fingerprint density at radius 2 is 1.38 bits per heavy atom. The van der Waals surface area contributed by atoms with E-state index in [4.69, 9.17) is 0 Å². The second-order valence-electron chi connectivity index (χ2n) is 3.12. The van der Waals surface area contributed by atoms with Gasteiger partial charge in [-0.25, -0.2) is 0 Å². The van der Waals surface area contributed by atoms with Crippen LogP contribution < -0.4 is 0 Å². The normalized spacial score (nSPS) is 10.2. The van der Waals surface area contributed by atoms with Crippen LogP contribution >= 0.6 is 20.4 Å². The van der Waals surface area contributed by atoms with Crippen molar-refractivity contribution in [1.82, 2.24) is 0 Å². The SMILES string of the molecule is FI(C#Cc1ccccc1)c1ccccc1. The third-order valence-electron chi connectivity index (χ3n) is 1.97. The molecule has 80 valence electrons. The fourth-order valence-electron chi connectivity index (χ4n) is 1.20. The number of rotatable bonds is 1. The Bertz CT molecular complexity index is 497. The van der Waals surface area contributed by atoms with Gasteiger partial charge in [0.25, 0.3) is 0 Å². The molecule has 0 bridgehead atoms. The van der Waals surface area contributed by atoms with Crippen molar-refractivity contribution in [2.75, 3.05) is 0 Å². The van der Waals surface area contributed by atoms with Crippen molar-refractivity contribution in [3.05, 3.63) is 69.8 Å². The van der Waals surface area contributed by atoms with Crippen LogP contribution in [0.25, 0.3) is 0 Å². The Morgan fingerprint density at radius 1 is 0.812 bits per heavy atom.